The van der Waals surface area contributed by atoms with Gasteiger partial charge in [0.1, 0.15) is 5.82 Å². The fourth-order valence-electron chi connectivity index (χ4n) is 1.83. The second-order valence-electron chi connectivity index (χ2n) is 4.23. The summed E-state index contributed by atoms with van der Waals surface area (Å²) in [5.74, 6) is 1.81. The Balaban J connectivity index is 2.04. The molecular weight excluding hydrogens is 178 g/mol. The van der Waals surface area contributed by atoms with Crippen molar-refractivity contribution in [1.29, 1.82) is 0 Å². The minimum absolute atomic E-state index is 0.623. The van der Waals surface area contributed by atoms with Crippen LogP contribution < -0.4 is 5.32 Å². The number of rotatable bonds is 2. The van der Waals surface area contributed by atoms with Crippen LogP contribution in [0.1, 0.15) is 13.8 Å². The predicted molar refractivity (Wildman–Crippen MR) is 55.2 cm³/mol. The molecule has 1 N–H and O–H groups in total. The molecule has 14 heavy (non-hydrogen) atoms. The van der Waals surface area contributed by atoms with Crippen LogP contribution in [0, 0.1) is 5.92 Å². The van der Waals surface area contributed by atoms with E-state index in [2.05, 4.69) is 30.3 Å². The molecule has 0 unspecified atom stereocenters. The molecule has 4 heteroatoms. The number of hydrogen-bond acceptors (Lipinski definition) is 4. The zero-order valence-corrected chi connectivity index (χ0v) is 8.99. The summed E-state index contributed by atoms with van der Waals surface area (Å²) >= 11 is 0. The predicted octanol–water partition coefficient (Wildman–Crippen LogP) is 0.594. The van der Waals surface area contributed by atoms with Crippen LogP contribution in [0.5, 0.6) is 0 Å². The maximum absolute atomic E-state index is 5.64. The van der Waals surface area contributed by atoms with E-state index in [9.17, 15) is 0 Å². The van der Waals surface area contributed by atoms with Crippen molar-refractivity contribution >= 4 is 0 Å². The maximum atomic E-state index is 5.64. The first-order chi connectivity index (χ1) is 6.77. The molecule has 0 aromatic heterocycles. The van der Waals surface area contributed by atoms with Crippen molar-refractivity contribution < 1.29 is 4.84 Å². The van der Waals surface area contributed by atoms with Gasteiger partial charge in [-0.1, -0.05) is 13.8 Å². The molecule has 2 heterocycles. The third-order valence-corrected chi connectivity index (χ3v) is 2.48. The van der Waals surface area contributed by atoms with E-state index in [4.69, 9.17) is 4.84 Å². The summed E-state index contributed by atoms with van der Waals surface area (Å²) in [5, 5.41) is 5.28. The van der Waals surface area contributed by atoms with E-state index >= 15 is 0 Å². The van der Waals surface area contributed by atoms with Gasteiger partial charge in [0, 0.05) is 32.4 Å². The van der Waals surface area contributed by atoms with E-state index in [1.807, 2.05) is 5.06 Å². The van der Waals surface area contributed by atoms with E-state index in [1.165, 1.54) is 5.82 Å². The van der Waals surface area contributed by atoms with Crippen molar-refractivity contribution in [2.45, 2.75) is 13.8 Å². The standard InChI is InChI=1S/C10H19N3O/c1-9(2)8-13-10-7-11-3-4-12(10)5-6-14-13/h7,9,11H,3-6,8H2,1-2H3. The SMILES string of the molecule is CC(C)CN1OCCN2CCNC=C21. The fraction of sp³-hybridized carbons (Fsp3) is 0.800. The molecule has 0 saturated carbocycles. The lowest BCUT2D eigenvalue weighted by atomic mass is 10.2. The molecular formula is C10H19N3O. The maximum Gasteiger partial charge on any atom is 0.145 e. The highest BCUT2D eigenvalue weighted by atomic mass is 16.7. The molecule has 0 atom stereocenters. The van der Waals surface area contributed by atoms with Gasteiger partial charge < -0.3 is 10.2 Å². The highest BCUT2D eigenvalue weighted by Gasteiger charge is 2.25. The average Bonchev–Trinajstić information content (AvgIpc) is 2.18. The fourth-order valence-corrected chi connectivity index (χ4v) is 1.83. The molecule has 2 aliphatic rings. The van der Waals surface area contributed by atoms with Gasteiger partial charge in [-0.2, -0.15) is 0 Å². The Labute approximate surface area is 85.5 Å². The quantitative estimate of drug-likeness (QED) is 0.701. The van der Waals surface area contributed by atoms with E-state index < -0.39 is 0 Å². The molecule has 2 rings (SSSR count). The van der Waals surface area contributed by atoms with Crippen molar-refractivity contribution in [3.63, 3.8) is 0 Å². The zero-order valence-electron chi connectivity index (χ0n) is 8.99. The molecule has 1 saturated heterocycles. The molecule has 0 radical (unpaired) electrons. The van der Waals surface area contributed by atoms with Gasteiger partial charge in [0.25, 0.3) is 0 Å². The number of nitrogens with one attached hydrogen (secondary N) is 1. The summed E-state index contributed by atoms with van der Waals surface area (Å²) < 4.78 is 0. The topological polar surface area (TPSA) is 27.7 Å². The summed E-state index contributed by atoms with van der Waals surface area (Å²) in [6.07, 6.45) is 2.06. The van der Waals surface area contributed by atoms with Gasteiger partial charge in [-0.3, -0.25) is 4.84 Å². The summed E-state index contributed by atoms with van der Waals surface area (Å²) in [7, 11) is 0. The molecule has 0 aromatic carbocycles. The Hall–Kier alpha value is -0.900. The largest absolute Gasteiger partial charge is 0.386 e. The normalized spacial score (nSPS) is 21.8. The van der Waals surface area contributed by atoms with E-state index in [0.717, 1.165) is 32.8 Å². The number of nitrogens with zero attached hydrogens (tertiary/aromatic N) is 2. The van der Waals surface area contributed by atoms with Crippen LogP contribution in [0.4, 0.5) is 0 Å². The molecule has 2 aliphatic heterocycles. The molecule has 4 nitrogen and oxygen atoms in total. The summed E-state index contributed by atoms with van der Waals surface area (Å²) in [4.78, 5) is 8.02. The Morgan fingerprint density at radius 2 is 2.36 bits per heavy atom. The van der Waals surface area contributed by atoms with Gasteiger partial charge in [0.05, 0.1) is 6.61 Å². The van der Waals surface area contributed by atoms with Crippen molar-refractivity contribution in [3.8, 4) is 0 Å². The first-order valence-electron chi connectivity index (χ1n) is 5.36. The van der Waals surface area contributed by atoms with E-state index in [1.54, 1.807) is 0 Å². The summed E-state index contributed by atoms with van der Waals surface area (Å²) in [5.41, 5.74) is 0. The lowest BCUT2D eigenvalue weighted by molar-refractivity contribution is -0.186. The second-order valence-corrected chi connectivity index (χ2v) is 4.23. The Bertz CT molecular complexity index is 227. The van der Waals surface area contributed by atoms with Gasteiger partial charge >= 0.3 is 0 Å². The van der Waals surface area contributed by atoms with Crippen LogP contribution in [0.2, 0.25) is 0 Å². The minimum Gasteiger partial charge on any atom is -0.386 e. The molecule has 80 valence electrons. The van der Waals surface area contributed by atoms with Crippen molar-refractivity contribution in [1.82, 2.24) is 15.3 Å². The average molecular weight is 197 g/mol. The van der Waals surface area contributed by atoms with Crippen molar-refractivity contribution in [2.24, 2.45) is 5.92 Å². The number of fused-ring (bicyclic) bond motifs is 1. The molecule has 1 fully saturated rings. The van der Waals surface area contributed by atoms with Crippen LogP contribution in [0.3, 0.4) is 0 Å². The molecule has 0 spiro atoms. The van der Waals surface area contributed by atoms with Gasteiger partial charge in [-0.25, -0.2) is 5.06 Å². The first-order valence-corrected chi connectivity index (χ1v) is 5.36. The van der Waals surface area contributed by atoms with Crippen LogP contribution >= 0.6 is 0 Å². The van der Waals surface area contributed by atoms with Gasteiger partial charge in [0.15, 0.2) is 0 Å². The minimum atomic E-state index is 0.623. The van der Waals surface area contributed by atoms with Crippen LogP contribution in [0.25, 0.3) is 0 Å². The van der Waals surface area contributed by atoms with Crippen LogP contribution in [-0.4, -0.2) is 42.7 Å². The Kier molecular flexibility index (Phi) is 2.82. The molecule has 0 aliphatic carbocycles. The van der Waals surface area contributed by atoms with Crippen molar-refractivity contribution in [2.75, 3.05) is 32.8 Å². The van der Waals surface area contributed by atoms with E-state index in [0.29, 0.717) is 5.92 Å². The lowest BCUT2D eigenvalue weighted by Crippen LogP contribution is -2.49. The van der Waals surface area contributed by atoms with Crippen LogP contribution in [0.15, 0.2) is 12.0 Å². The smallest absolute Gasteiger partial charge is 0.145 e. The third kappa shape index (κ3) is 1.95. The third-order valence-electron chi connectivity index (χ3n) is 2.48. The zero-order chi connectivity index (χ0) is 9.97. The van der Waals surface area contributed by atoms with Gasteiger partial charge in [0.2, 0.25) is 0 Å². The van der Waals surface area contributed by atoms with Gasteiger partial charge in [-0.15, -0.1) is 0 Å². The molecule has 0 amide bonds. The summed E-state index contributed by atoms with van der Waals surface area (Å²) in [6.45, 7) is 9.33. The van der Waals surface area contributed by atoms with Crippen LogP contribution in [-0.2, 0) is 4.84 Å². The first kappa shape index (κ1) is 9.65. The van der Waals surface area contributed by atoms with E-state index in [-0.39, 0.29) is 0 Å². The Morgan fingerprint density at radius 1 is 1.50 bits per heavy atom. The second kappa shape index (κ2) is 4.09. The highest BCUT2D eigenvalue weighted by Crippen LogP contribution is 2.18. The van der Waals surface area contributed by atoms with Gasteiger partial charge in [-0.05, 0) is 5.92 Å². The number of hydrogen-bond donors (Lipinski definition) is 1. The molecule has 0 bridgehead atoms. The molecule has 0 aromatic rings. The summed E-state index contributed by atoms with van der Waals surface area (Å²) in [6, 6.07) is 0. The highest BCUT2D eigenvalue weighted by molar-refractivity contribution is 5.02. The lowest BCUT2D eigenvalue weighted by Gasteiger charge is -2.42. The monoisotopic (exact) mass is 197 g/mol. The number of hydroxylamine groups is 2. The van der Waals surface area contributed by atoms with Crippen molar-refractivity contribution in [3.05, 3.63) is 12.0 Å². The Morgan fingerprint density at radius 3 is 3.14 bits per heavy atom.